The van der Waals surface area contributed by atoms with Crippen LogP contribution in [0.5, 0.6) is 0 Å². The normalized spacial score (nSPS) is 10.4. The highest BCUT2D eigenvalue weighted by atomic mass is 19.1. The Balaban J connectivity index is 2.64. The minimum Gasteiger partial charge on any atom is -0.356 e. The smallest absolute Gasteiger partial charge is 0.223 e. The van der Waals surface area contributed by atoms with Gasteiger partial charge in [-0.2, -0.15) is 0 Å². The Morgan fingerprint density at radius 2 is 1.95 bits per heavy atom. The second kappa shape index (κ2) is 7.62. The summed E-state index contributed by atoms with van der Waals surface area (Å²) >= 11 is 0. The highest BCUT2D eigenvalue weighted by molar-refractivity contribution is 5.92. The molecule has 0 aliphatic heterocycles. The Morgan fingerprint density at radius 3 is 2.50 bits per heavy atom. The van der Waals surface area contributed by atoms with E-state index in [9.17, 15) is 14.0 Å². The molecular weight excluding hydrogens is 259 g/mol. The molecule has 1 aromatic rings. The summed E-state index contributed by atoms with van der Waals surface area (Å²) in [5, 5.41) is 2.77. The number of para-hydroxylation sites is 1. The fourth-order valence-electron chi connectivity index (χ4n) is 1.74. The molecule has 0 saturated carbocycles. The van der Waals surface area contributed by atoms with Crippen LogP contribution in [0.25, 0.3) is 0 Å². The monoisotopic (exact) mass is 280 g/mol. The van der Waals surface area contributed by atoms with Gasteiger partial charge >= 0.3 is 0 Å². The number of hydrogen-bond donors (Lipinski definition) is 1. The maximum atomic E-state index is 13.7. The first-order chi connectivity index (χ1) is 9.41. The van der Waals surface area contributed by atoms with E-state index in [1.165, 1.54) is 24.0 Å². The lowest BCUT2D eigenvalue weighted by molar-refractivity contribution is -0.121. The van der Waals surface area contributed by atoms with E-state index in [1.807, 2.05) is 13.8 Å². The predicted molar refractivity (Wildman–Crippen MR) is 76.9 cm³/mol. The Labute approximate surface area is 119 Å². The molecule has 4 nitrogen and oxygen atoms in total. The van der Waals surface area contributed by atoms with Gasteiger partial charge < -0.3 is 10.2 Å². The van der Waals surface area contributed by atoms with Crippen LogP contribution < -0.4 is 10.2 Å². The van der Waals surface area contributed by atoms with Gasteiger partial charge in [-0.15, -0.1) is 0 Å². The van der Waals surface area contributed by atoms with Crippen molar-refractivity contribution in [3.63, 3.8) is 0 Å². The molecule has 0 atom stereocenters. The Kier molecular flexibility index (Phi) is 6.15. The van der Waals surface area contributed by atoms with Crippen molar-refractivity contribution in [2.45, 2.75) is 27.2 Å². The van der Waals surface area contributed by atoms with Crippen molar-refractivity contribution in [1.29, 1.82) is 0 Å². The SMILES string of the molecule is CC(=O)N(CCC(=O)NCC(C)C)c1ccccc1F. The summed E-state index contributed by atoms with van der Waals surface area (Å²) in [7, 11) is 0. The molecule has 1 aromatic carbocycles. The number of hydrogen-bond acceptors (Lipinski definition) is 2. The summed E-state index contributed by atoms with van der Waals surface area (Å²) in [5.74, 6) is -0.521. The molecule has 0 aliphatic carbocycles. The van der Waals surface area contributed by atoms with Gasteiger partial charge in [0.1, 0.15) is 5.82 Å². The van der Waals surface area contributed by atoms with E-state index in [4.69, 9.17) is 0 Å². The minimum atomic E-state index is -0.467. The van der Waals surface area contributed by atoms with Crippen LogP contribution in [0.3, 0.4) is 0 Å². The zero-order chi connectivity index (χ0) is 15.1. The number of anilines is 1. The lowest BCUT2D eigenvalue weighted by Gasteiger charge is -2.21. The maximum Gasteiger partial charge on any atom is 0.223 e. The fourth-order valence-corrected chi connectivity index (χ4v) is 1.74. The summed E-state index contributed by atoms with van der Waals surface area (Å²) in [5.41, 5.74) is 0.205. The van der Waals surface area contributed by atoms with Crippen molar-refractivity contribution in [2.24, 2.45) is 5.92 Å². The summed E-state index contributed by atoms with van der Waals surface area (Å²) in [4.78, 5) is 24.5. The Hall–Kier alpha value is -1.91. The fraction of sp³-hybridized carbons (Fsp3) is 0.467. The van der Waals surface area contributed by atoms with Crippen LogP contribution >= 0.6 is 0 Å². The van der Waals surface area contributed by atoms with Crippen LogP contribution in [0.1, 0.15) is 27.2 Å². The maximum absolute atomic E-state index is 13.7. The first-order valence-corrected chi connectivity index (χ1v) is 6.71. The van der Waals surface area contributed by atoms with Gasteiger partial charge in [-0.05, 0) is 18.1 Å². The van der Waals surface area contributed by atoms with E-state index in [0.29, 0.717) is 12.5 Å². The molecule has 0 saturated heterocycles. The van der Waals surface area contributed by atoms with E-state index < -0.39 is 5.82 Å². The van der Waals surface area contributed by atoms with E-state index in [-0.39, 0.29) is 30.5 Å². The minimum absolute atomic E-state index is 0.138. The standard InChI is InChI=1S/C15H21FN2O2/c1-11(2)10-17-15(20)8-9-18(12(3)19)14-7-5-4-6-13(14)16/h4-7,11H,8-10H2,1-3H3,(H,17,20). The lowest BCUT2D eigenvalue weighted by atomic mass is 10.2. The molecule has 0 radical (unpaired) electrons. The zero-order valence-electron chi connectivity index (χ0n) is 12.1. The molecule has 1 rings (SSSR count). The molecule has 20 heavy (non-hydrogen) atoms. The van der Waals surface area contributed by atoms with Gasteiger partial charge in [0.2, 0.25) is 11.8 Å². The molecule has 0 fully saturated rings. The van der Waals surface area contributed by atoms with E-state index in [1.54, 1.807) is 12.1 Å². The topological polar surface area (TPSA) is 49.4 Å². The van der Waals surface area contributed by atoms with Gasteiger partial charge in [0.15, 0.2) is 0 Å². The van der Waals surface area contributed by atoms with Gasteiger partial charge in [0.25, 0.3) is 0 Å². The molecule has 5 heteroatoms. The zero-order valence-corrected chi connectivity index (χ0v) is 12.1. The second-order valence-corrected chi connectivity index (χ2v) is 5.07. The molecule has 0 spiro atoms. The number of benzene rings is 1. The number of rotatable bonds is 6. The number of nitrogens with zero attached hydrogens (tertiary/aromatic N) is 1. The summed E-state index contributed by atoms with van der Waals surface area (Å²) in [6.45, 7) is 6.13. The largest absolute Gasteiger partial charge is 0.356 e. The van der Waals surface area contributed by atoms with Crippen molar-refractivity contribution >= 4 is 17.5 Å². The van der Waals surface area contributed by atoms with Crippen LogP contribution in [0, 0.1) is 11.7 Å². The average Bonchev–Trinajstić information content (AvgIpc) is 2.38. The molecule has 0 bridgehead atoms. The first kappa shape index (κ1) is 16.1. The number of amides is 2. The highest BCUT2D eigenvalue weighted by Crippen LogP contribution is 2.18. The third kappa shape index (κ3) is 4.99. The number of halogens is 1. The second-order valence-electron chi connectivity index (χ2n) is 5.07. The van der Waals surface area contributed by atoms with Gasteiger partial charge in [-0.25, -0.2) is 4.39 Å². The summed E-state index contributed by atoms with van der Waals surface area (Å²) < 4.78 is 13.7. The van der Waals surface area contributed by atoms with E-state index in [2.05, 4.69) is 5.32 Å². The molecule has 2 amide bonds. The van der Waals surface area contributed by atoms with Crippen LogP contribution in [0.4, 0.5) is 10.1 Å². The summed E-state index contributed by atoms with van der Waals surface area (Å²) in [6, 6.07) is 6.05. The number of carbonyl (C=O) groups excluding carboxylic acids is 2. The van der Waals surface area contributed by atoms with Crippen molar-refractivity contribution in [2.75, 3.05) is 18.0 Å². The number of carbonyl (C=O) groups is 2. The molecule has 0 unspecified atom stereocenters. The van der Waals surface area contributed by atoms with Gasteiger partial charge in [0.05, 0.1) is 5.69 Å². The first-order valence-electron chi connectivity index (χ1n) is 6.71. The number of nitrogens with one attached hydrogen (secondary N) is 1. The van der Waals surface area contributed by atoms with Crippen molar-refractivity contribution in [3.05, 3.63) is 30.1 Å². The van der Waals surface area contributed by atoms with Crippen LogP contribution in [-0.2, 0) is 9.59 Å². The van der Waals surface area contributed by atoms with Crippen molar-refractivity contribution in [3.8, 4) is 0 Å². The Morgan fingerprint density at radius 1 is 1.30 bits per heavy atom. The molecule has 110 valence electrons. The molecule has 0 aromatic heterocycles. The van der Waals surface area contributed by atoms with Crippen molar-refractivity contribution < 1.29 is 14.0 Å². The van der Waals surface area contributed by atoms with Crippen LogP contribution in [0.2, 0.25) is 0 Å². The van der Waals surface area contributed by atoms with Gasteiger partial charge in [-0.3, -0.25) is 9.59 Å². The molecule has 1 N–H and O–H groups in total. The van der Waals surface area contributed by atoms with Crippen molar-refractivity contribution in [1.82, 2.24) is 5.32 Å². The highest BCUT2D eigenvalue weighted by Gasteiger charge is 2.16. The van der Waals surface area contributed by atoms with Gasteiger partial charge in [0, 0.05) is 26.4 Å². The van der Waals surface area contributed by atoms with Crippen LogP contribution in [-0.4, -0.2) is 24.9 Å². The molecule has 0 aliphatic rings. The van der Waals surface area contributed by atoms with E-state index >= 15 is 0 Å². The summed E-state index contributed by atoms with van der Waals surface area (Å²) in [6.07, 6.45) is 0.153. The average molecular weight is 280 g/mol. The predicted octanol–water partition coefficient (Wildman–Crippen LogP) is 2.34. The lowest BCUT2D eigenvalue weighted by Crippen LogP contribution is -2.35. The molecular formula is C15H21FN2O2. The van der Waals surface area contributed by atoms with Crippen LogP contribution in [0.15, 0.2) is 24.3 Å². The quantitative estimate of drug-likeness (QED) is 0.869. The third-order valence-corrected chi connectivity index (χ3v) is 2.79. The molecule has 0 heterocycles. The Bertz CT molecular complexity index is 475. The van der Waals surface area contributed by atoms with E-state index in [0.717, 1.165) is 0 Å². The third-order valence-electron chi connectivity index (χ3n) is 2.79. The van der Waals surface area contributed by atoms with Gasteiger partial charge in [-0.1, -0.05) is 26.0 Å².